The number of amides is 1. The molecule has 2 rings (SSSR count). The van der Waals surface area contributed by atoms with Crippen LogP contribution in [0.15, 0.2) is 24.3 Å². The molecule has 1 aromatic carbocycles. The predicted octanol–water partition coefficient (Wildman–Crippen LogP) is 3.15. The van der Waals surface area contributed by atoms with E-state index in [1.807, 2.05) is 19.1 Å². The molecular formula is C13H15F2NO. The quantitative estimate of drug-likeness (QED) is 0.776. The SMILES string of the molecule is Cc1ccc(N2C(=O)CCCC2C(F)F)cc1. The summed E-state index contributed by atoms with van der Waals surface area (Å²) in [7, 11) is 0. The van der Waals surface area contributed by atoms with Gasteiger partial charge in [-0.15, -0.1) is 0 Å². The predicted molar refractivity (Wildman–Crippen MR) is 62.3 cm³/mol. The highest BCUT2D eigenvalue weighted by Crippen LogP contribution is 2.29. The van der Waals surface area contributed by atoms with E-state index in [1.165, 1.54) is 4.90 Å². The van der Waals surface area contributed by atoms with Gasteiger partial charge in [0.25, 0.3) is 6.43 Å². The van der Waals surface area contributed by atoms with E-state index in [0.29, 0.717) is 24.9 Å². The highest BCUT2D eigenvalue weighted by atomic mass is 19.3. The van der Waals surface area contributed by atoms with Gasteiger partial charge in [0.15, 0.2) is 0 Å². The Labute approximate surface area is 99.2 Å². The number of carbonyl (C=O) groups excluding carboxylic acids is 1. The van der Waals surface area contributed by atoms with Gasteiger partial charge in [-0.05, 0) is 31.9 Å². The molecule has 0 bridgehead atoms. The Bertz CT molecular complexity index is 402. The van der Waals surface area contributed by atoms with Gasteiger partial charge < -0.3 is 4.90 Å². The normalized spacial score (nSPS) is 21.1. The molecule has 1 aromatic rings. The van der Waals surface area contributed by atoms with Gasteiger partial charge in [0.2, 0.25) is 5.91 Å². The van der Waals surface area contributed by atoms with Crippen molar-refractivity contribution >= 4 is 11.6 Å². The van der Waals surface area contributed by atoms with Crippen LogP contribution in [0.25, 0.3) is 0 Å². The number of anilines is 1. The molecule has 17 heavy (non-hydrogen) atoms. The van der Waals surface area contributed by atoms with E-state index in [9.17, 15) is 13.6 Å². The molecule has 1 amide bonds. The lowest BCUT2D eigenvalue weighted by atomic mass is 10.0. The van der Waals surface area contributed by atoms with E-state index in [1.54, 1.807) is 12.1 Å². The van der Waals surface area contributed by atoms with Crippen molar-refractivity contribution in [2.75, 3.05) is 4.90 Å². The van der Waals surface area contributed by atoms with Gasteiger partial charge >= 0.3 is 0 Å². The van der Waals surface area contributed by atoms with Gasteiger partial charge in [-0.2, -0.15) is 0 Å². The van der Waals surface area contributed by atoms with E-state index >= 15 is 0 Å². The topological polar surface area (TPSA) is 20.3 Å². The number of hydrogen-bond acceptors (Lipinski definition) is 1. The summed E-state index contributed by atoms with van der Waals surface area (Å²) in [6, 6.07) is 6.15. The molecule has 1 saturated heterocycles. The summed E-state index contributed by atoms with van der Waals surface area (Å²) < 4.78 is 25.8. The molecule has 92 valence electrons. The number of aryl methyl sites for hydroxylation is 1. The van der Waals surface area contributed by atoms with E-state index in [2.05, 4.69) is 0 Å². The molecular weight excluding hydrogens is 224 g/mol. The Morgan fingerprint density at radius 2 is 1.94 bits per heavy atom. The van der Waals surface area contributed by atoms with Crippen molar-refractivity contribution in [3.8, 4) is 0 Å². The molecule has 0 saturated carbocycles. The molecule has 1 heterocycles. The van der Waals surface area contributed by atoms with Crippen molar-refractivity contribution < 1.29 is 13.6 Å². The van der Waals surface area contributed by atoms with Crippen LogP contribution in [0, 0.1) is 6.92 Å². The van der Waals surface area contributed by atoms with E-state index in [-0.39, 0.29) is 5.91 Å². The average molecular weight is 239 g/mol. The van der Waals surface area contributed by atoms with Crippen LogP contribution in [0.1, 0.15) is 24.8 Å². The highest BCUT2D eigenvalue weighted by molar-refractivity contribution is 5.94. The molecule has 1 aliphatic heterocycles. The molecule has 0 spiro atoms. The number of halogens is 2. The van der Waals surface area contributed by atoms with Gasteiger partial charge in [0.05, 0.1) is 6.04 Å². The molecule has 1 unspecified atom stereocenters. The molecule has 1 atom stereocenters. The summed E-state index contributed by atoms with van der Waals surface area (Å²) in [6.07, 6.45) is -1.20. The number of nitrogens with zero attached hydrogens (tertiary/aromatic N) is 1. The second kappa shape index (κ2) is 4.82. The summed E-state index contributed by atoms with van der Waals surface area (Å²) in [6.45, 7) is 1.92. The molecule has 1 fully saturated rings. The minimum absolute atomic E-state index is 0.203. The summed E-state index contributed by atoms with van der Waals surface area (Å²) in [5, 5.41) is 0. The zero-order chi connectivity index (χ0) is 12.4. The maximum Gasteiger partial charge on any atom is 0.259 e. The van der Waals surface area contributed by atoms with Crippen LogP contribution in [0.5, 0.6) is 0 Å². The molecule has 0 N–H and O–H groups in total. The lowest BCUT2D eigenvalue weighted by Crippen LogP contribution is -2.47. The Morgan fingerprint density at radius 1 is 1.29 bits per heavy atom. The van der Waals surface area contributed by atoms with Gasteiger partial charge in [-0.25, -0.2) is 8.78 Å². The first-order valence-electron chi connectivity index (χ1n) is 5.76. The maximum absolute atomic E-state index is 12.9. The van der Waals surface area contributed by atoms with Crippen molar-refractivity contribution in [2.24, 2.45) is 0 Å². The maximum atomic E-state index is 12.9. The first kappa shape index (κ1) is 12.0. The highest BCUT2D eigenvalue weighted by Gasteiger charge is 2.35. The second-order valence-corrected chi connectivity index (χ2v) is 4.39. The smallest absolute Gasteiger partial charge is 0.259 e. The third kappa shape index (κ3) is 2.46. The van der Waals surface area contributed by atoms with Crippen molar-refractivity contribution in [3.63, 3.8) is 0 Å². The lowest BCUT2D eigenvalue weighted by molar-refractivity contribution is -0.121. The number of carbonyl (C=O) groups is 1. The van der Waals surface area contributed by atoms with Crippen LogP contribution in [0.4, 0.5) is 14.5 Å². The van der Waals surface area contributed by atoms with Crippen LogP contribution < -0.4 is 4.90 Å². The van der Waals surface area contributed by atoms with Crippen LogP contribution in [-0.2, 0) is 4.79 Å². The number of benzene rings is 1. The standard InChI is InChI=1S/C13H15F2NO/c1-9-5-7-10(8-6-9)16-11(13(14)15)3-2-4-12(16)17/h5-8,11,13H,2-4H2,1H3. The Balaban J connectivity index is 2.31. The molecule has 1 aliphatic rings. The van der Waals surface area contributed by atoms with Gasteiger partial charge in [-0.3, -0.25) is 4.79 Å². The van der Waals surface area contributed by atoms with Crippen LogP contribution >= 0.6 is 0 Å². The Morgan fingerprint density at radius 3 is 2.53 bits per heavy atom. The largest absolute Gasteiger partial charge is 0.304 e. The Hall–Kier alpha value is -1.45. The van der Waals surface area contributed by atoms with Crippen molar-refractivity contribution in [3.05, 3.63) is 29.8 Å². The fourth-order valence-corrected chi connectivity index (χ4v) is 2.18. The van der Waals surface area contributed by atoms with E-state index < -0.39 is 12.5 Å². The van der Waals surface area contributed by atoms with E-state index in [0.717, 1.165) is 5.56 Å². The first-order valence-corrected chi connectivity index (χ1v) is 5.76. The Kier molecular flexibility index (Phi) is 3.41. The van der Waals surface area contributed by atoms with E-state index in [4.69, 9.17) is 0 Å². The molecule has 0 aliphatic carbocycles. The minimum atomic E-state index is -2.49. The zero-order valence-corrected chi connectivity index (χ0v) is 9.70. The third-order valence-electron chi connectivity index (χ3n) is 3.09. The lowest BCUT2D eigenvalue weighted by Gasteiger charge is -2.35. The number of hydrogen-bond donors (Lipinski definition) is 0. The van der Waals surface area contributed by atoms with Crippen molar-refractivity contribution in [1.82, 2.24) is 0 Å². The summed E-state index contributed by atoms with van der Waals surface area (Å²) in [5.74, 6) is -0.203. The second-order valence-electron chi connectivity index (χ2n) is 4.39. The minimum Gasteiger partial charge on any atom is -0.304 e. The molecule has 4 heteroatoms. The fraction of sp³-hybridized carbons (Fsp3) is 0.462. The van der Waals surface area contributed by atoms with Crippen LogP contribution in [-0.4, -0.2) is 18.4 Å². The molecule has 0 aromatic heterocycles. The third-order valence-corrected chi connectivity index (χ3v) is 3.09. The van der Waals surface area contributed by atoms with Crippen molar-refractivity contribution in [2.45, 2.75) is 38.7 Å². The zero-order valence-electron chi connectivity index (χ0n) is 9.70. The summed E-state index contributed by atoms with van der Waals surface area (Å²) in [4.78, 5) is 13.0. The number of piperidine rings is 1. The molecule has 2 nitrogen and oxygen atoms in total. The fourth-order valence-electron chi connectivity index (χ4n) is 2.18. The van der Waals surface area contributed by atoms with Crippen LogP contribution in [0.2, 0.25) is 0 Å². The number of alkyl halides is 2. The first-order chi connectivity index (χ1) is 8.09. The van der Waals surface area contributed by atoms with Crippen LogP contribution in [0.3, 0.4) is 0 Å². The van der Waals surface area contributed by atoms with Gasteiger partial charge in [0.1, 0.15) is 0 Å². The van der Waals surface area contributed by atoms with Gasteiger partial charge in [-0.1, -0.05) is 17.7 Å². The van der Waals surface area contributed by atoms with Gasteiger partial charge in [0, 0.05) is 12.1 Å². The number of rotatable bonds is 2. The summed E-state index contributed by atoms with van der Waals surface area (Å²) >= 11 is 0. The monoisotopic (exact) mass is 239 g/mol. The summed E-state index contributed by atoms with van der Waals surface area (Å²) in [5.41, 5.74) is 1.62. The van der Waals surface area contributed by atoms with Crippen molar-refractivity contribution in [1.29, 1.82) is 0 Å². The average Bonchev–Trinajstić information content (AvgIpc) is 2.30. The molecule has 0 radical (unpaired) electrons.